The van der Waals surface area contributed by atoms with Crippen molar-refractivity contribution in [3.05, 3.63) is 35.9 Å². The lowest BCUT2D eigenvalue weighted by molar-refractivity contribution is -0.136. The number of amides is 15. The molecule has 0 aromatic heterocycles. The van der Waals surface area contributed by atoms with E-state index in [0.717, 1.165) is 13.8 Å². The molecule has 1 aliphatic rings. The van der Waals surface area contributed by atoms with Gasteiger partial charge in [0, 0.05) is 45.7 Å². The molecule has 1 unspecified atom stereocenters. The van der Waals surface area contributed by atoms with Gasteiger partial charge in [-0.3, -0.25) is 47.9 Å². The van der Waals surface area contributed by atoms with Gasteiger partial charge >= 0.3 is 30.5 Å². The highest BCUT2D eigenvalue weighted by Gasteiger charge is 2.39. The third kappa shape index (κ3) is 40.5. The molecule has 1 heterocycles. The maximum absolute atomic E-state index is 15.2. The Labute approximate surface area is 643 Å². The van der Waals surface area contributed by atoms with Crippen molar-refractivity contribution in [1.82, 2.24) is 79.8 Å². The van der Waals surface area contributed by atoms with Crippen LogP contribution in [0.1, 0.15) is 182 Å². The summed E-state index contributed by atoms with van der Waals surface area (Å²) in [6.07, 6.45) is -11.1. The summed E-state index contributed by atoms with van der Waals surface area (Å²) in [4.78, 5) is 211. The number of carbonyl (C=O) groups excluding carboxylic acids is 15. The summed E-state index contributed by atoms with van der Waals surface area (Å²) in [5.74, 6) is -11.4. The van der Waals surface area contributed by atoms with Crippen molar-refractivity contribution >= 4 is 89.5 Å². The molecule has 0 saturated carbocycles. The largest absolute Gasteiger partial charge is 0.444 e. The highest BCUT2D eigenvalue weighted by molar-refractivity contribution is 5.99. The summed E-state index contributed by atoms with van der Waals surface area (Å²) < 4.78 is 26.7. The number of hydrogen-bond donors (Lipinski definition) is 18. The number of carbonyl (C=O) groups is 15. The van der Waals surface area contributed by atoms with Gasteiger partial charge < -0.3 is 119 Å². The van der Waals surface area contributed by atoms with E-state index in [0.29, 0.717) is 5.56 Å². The van der Waals surface area contributed by atoms with Gasteiger partial charge in [0.05, 0.1) is 18.2 Å². The predicted octanol–water partition coefficient (Wildman–Crippen LogP) is -0.179. The monoisotopic (exact) mass is 1560 g/mol. The van der Waals surface area contributed by atoms with Crippen LogP contribution in [0.25, 0.3) is 0 Å². The molecule has 2 rings (SSSR count). The summed E-state index contributed by atoms with van der Waals surface area (Å²) in [6.45, 7) is 27.3. The van der Waals surface area contributed by atoms with Gasteiger partial charge in [-0.2, -0.15) is 0 Å². The molecule has 1 aromatic carbocycles. The second-order valence-corrected chi connectivity index (χ2v) is 32.0. The van der Waals surface area contributed by atoms with E-state index in [4.69, 9.17) is 29.4 Å². The van der Waals surface area contributed by atoms with Crippen LogP contribution in [0.3, 0.4) is 0 Å². The quantitative estimate of drug-likeness (QED) is 0.0508. The Kier molecular flexibility index (Phi) is 39.1. The first-order valence-electron chi connectivity index (χ1n) is 36.7. The lowest BCUT2D eigenvalue weighted by Crippen LogP contribution is -2.62. The first-order valence-corrected chi connectivity index (χ1v) is 36.7. The van der Waals surface area contributed by atoms with Crippen LogP contribution >= 0.6 is 0 Å². The summed E-state index contributed by atoms with van der Waals surface area (Å²) in [7, 11) is 0. The maximum Gasteiger partial charge on any atom is 0.407 e. The lowest BCUT2D eigenvalue weighted by Gasteiger charge is -2.29. The molecular weight excluding hydrogens is 1440 g/mol. The van der Waals surface area contributed by atoms with Crippen LogP contribution in [0.2, 0.25) is 0 Å². The van der Waals surface area contributed by atoms with E-state index in [-0.39, 0.29) is 44.8 Å². The standard InChI is InChI=1S/C72H122N16O22/c1-39(2)37-49-59(97)83-45(27-33-76-64(102)107-69(8,9)10)55(93)82-48(30-36-79-67(105)110-72(17,18)19)58(96)88-51(40(3)89)61(99)74-32-26-44(54(92)81-46(28-34-77-65(103)108-70(11,12)13)57(95)86-50(60(98)85-49)38-42-23-21-20-22-24-42)80-56(94)47(29-35-78-66(104)109-71(14,15)16)84-62(100)52(41(4)90)87-53(91)43(73)25-31-75-63(101)106-68(5,6)7/h20-24,39-41,43-52,89-90H,25-38,73H2,1-19H3,(H,74,99)(H,75,101)(H,76,102)(H,77,103)(H,78,104)(H,79,105)(H,80,94)(H,81,92)(H,82,93)(H,83,97)(H,84,100)(H,85,98)(H,86,95)(H,87,91)(H,88,96)/t40-,41?,43+,44+,45+,46+,47+,48+,49+,50-,51+,52+/m1/s1. The first-order chi connectivity index (χ1) is 50.7. The molecule has 15 amide bonds. The molecular formula is C72H122N16O22. The zero-order valence-electron chi connectivity index (χ0n) is 66.9. The maximum atomic E-state index is 15.2. The van der Waals surface area contributed by atoms with Crippen LogP contribution in [0, 0.1) is 5.92 Å². The van der Waals surface area contributed by atoms with Gasteiger partial charge in [-0.1, -0.05) is 44.2 Å². The Morgan fingerprint density at radius 1 is 0.455 bits per heavy atom. The fraction of sp³-hybridized carbons (Fsp3) is 0.708. The molecule has 38 nitrogen and oxygen atoms in total. The highest BCUT2D eigenvalue weighted by atomic mass is 16.6. The third-order valence-corrected chi connectivity index (χ3v) is 15.1. The molecule has 12 atom stereocenters. The van der Waals surface area contributed by atoms with Crippen LogP contribution in [-0.4, -0.2) is 240 Å². The summed E-state index contributed by atoms with van der Waals surface area (Å²) in [5.41, 5.74) is 1.77. The summed E-state index contributed by atoms with van der Waals surface area (Å²) >= 11 is 0. The fourth-order valence-corrected chi connectivity index (χ4v) is 10.1. The highest BCUT2D eigenvalue weighted by Crippen LogP contribution is 2.15. The number of hydrogen-bond acceptors (Lipinski definition) is 23. The number of aliphatic hydroxyl groups is 2. The number of nitrogens with one attached hydrogen (secondary N) is 15. The smallest absolute Gasteiger partial charge is 0.407 e. The van der Waals surface area contributed by atoms with Gasteiger partial charge in [-0.05, 0) is 174 Å². The lowest BCUT2D eigenvalue weighted by atomic mass is 10.00. The summed E-state index contributed by atoms with van der Waals surface area (Å²) in [5, 5.41) is 59.8. The van der Waals surface area contributed by atoms with Crippen molar-refractivity contribution in [2.45, 2.75) is 284 Å². The first kappa shape index (κ1) is 96.2. The topological polar surface area (TPSA) is 549 Å². The minimum atomic E-state index is -1.92. The molecule has 0 spiro atoms. The van der Waals surface area contributed by atoms with Crippen molar-refractivity contribution in [3.8, 4) is 0 Å². The van der Waals surface area contributed by atoms with Crippen LogP contribution < -0.4 is 85.5 Å². The normalized spacial score (nSPS) is 20.5. The second-order valence-electron chi connectivity index (χ2n) is 32.0. The minimum Gasteiger partial charge on any atom is -0.444 e. The molecule has 110 heavy (non-hydrogen) atoms. The van der Waals surface area contributed by atoms with E-state index in [1.54, 1.807) is 148 Å². The van der Waals surface area contributed by atoms with Crippen LogP contribution in [0.4, 0.5) is 24.0 Å². The number of benzene rings is 1. The van der Waals surface area contributed by atoms with Crippen molar-refractivity contribution in [3.63, 3.8) is 0 Å². The van der Waals surface area contributed by atoms with Crippen LogP contribution in [0.15, 0.2) is 30.3 Å². The van der Waals surface area contributed by atoms with Gasteiger partial charge in [0.1, 0.15) is 82.4 Å². The molecule has 0 bridgehead atoms. The molecule has 1 fully saturated rings. The molecule has 0 aliphatic carbocycles. The zero-order chi connectivity index (χ0) is 83.8. The average molecular weight is 1560 g/mol. The Hall–Kier alpha value is -9.85. The number of rotatable bonds is 27. The Balaban J connectivity index is 3.06. The van der Waals surface area contributed by atoms with Gasteiger partial charge in [0.2, 0.25) is 59.1 Å². The van der Waals surface area contributed by atoms with Crippen LogP contribution in [-0.2, 0) is 78.1 Å². The molecule has 38 heteroatoms. The number of nitrogens with two attached hydrogens (primary N) is 1. The molecule has 19 N–H and O–H groups in total. The van der Waals surface area contributed by atoms with Crippen molar-refractivity contribution in [1.29, 1.82) is 0 Å². The second kappa shape index (κ2) is 44.7. The van der Waals surface area contributed by atoms with E-state index >= 15 is 19.2 Å². The van der Waals surface area contributed by atoms with Gasteiger partial charge in [0.15, 0.2) is 0 Å². The van der Waals surface area contributed by atoms with Crippen molar-refractivity contribution in [2.75, 3.05) is 39.3 Å². The molecule has 1 saturated heterocycles. The van der Waals surface area contributed by atoms with Crippen molar-refractivity contribution < 1.29 is 106 Å². The van der Waals surface area contributed by atoms with E-state index in [2.05, 4.69) is 79.8 Å². The fourth-order valence-electron chi connectivity index (χ4n) is 10.1. The Bertz CT molecular complexity index is 3270. The molecule has 1 aromatic rings. The van der Waals surface area contributed by atoms with Gasteiger partial charge in [-0.15, -0.1) is 0 Å². The molecule has 0 radical (unpaired) electrons. The molecule has 1 aliphatic heterocycles. The zero-order valence-corrected chi connectivity index (χ0v) is 66.9. The van der Waals surface area contributed by atoms with E-state index < -0.39 is 242 Å². The predicted molar refractivity (Wildman–Crippen MR) is 400 cm³/mol. The van der Waals surface area contributed by atoms with Gasteiger partial charge in [-0.25, -0.2) is 24.0 Å². The van der Waals surface area contributed by atoms with E-state index in [9.17, 15) is 63.0 Å². The minimum absolute atomic E-state index is 0.116. The Morgan fingerprint density at radius 2 is 0.818 bits per heavy atom. The Morgan fingerprint density at radius 3 is 1.22 bits per heavy atom. The van der Waals surface area contributed by atoms with Crippen LogP contribution in [0.5, 0.6) is 0 Å². The van der Waals surface area contributed by atoms with Crippen molar-refractivity contribution in [2.24, 2.45) is 11.7 Å². The van der Waals surface area contributed by atoms with E-state index in [1.807, 2.05) is 0 Å². The SMILES string of the molecule is CC(C)C[C@@H]1NC(=O)[C@@H](Cc2ccccc2)NC(=O)[C@H](CCNC(=O)OC(C)(C)C)NC(=O)[C@@H](NC(=O)[C@H](CCNC(=O)OC(C)(C)C)NC(=O)[C@@H](NC(=O)[C@@H](N)CCNC(=O)OC(C)(C)C)C(C)O)CCNC(=O)[C@H]([C@@H](C)O)NC(=O)[C@H](CCNC(=O)OC(C)(C)C)NC(=O)[C@H](CCNC(=O)OC(C)(C)C)NC1=O. The number of aliphatic hydroxyl groups excluding tert-OH is 2. The van der Waals surface area contributed by atoms with Gasteiger partial charge in [0.25, 0.3) is 0 Å². The van der Waals surface area contributed by atoms with E-state index in [1.165, 1.54) is 0 Å². The average Bonchev–Trinajstić information content (AvgIpc) is 0.958. The number of alkyl carbamates (subject to hydrolysis) is 5. The number of ether oxygens (including phenoxy) is 5. The third-order valence-electron chi connectivity index (χ3n) is 15.1. The molecule has 622 valence electrons. The summed E-state index contributed by atoms with van der Waals surface area (Å²) in [6, 6.07) is -8.97.